The molecule has 0 fully saturated rings. The number of benzene rings is 18. The first-order chi connectivity index (χ1) is 63.5. The third-order valence-electron chi connectivity index (χ3n) is 27.0. The van der Waals surface area contributed by atoms with Crippen LogP contribution in [0, 0.1) is 0 Å². The first-order valence-electron chi connectivity index (χ1n) is 43.6. The van der Waals surface area contributed by atoms with Crippen LogP contribution in [0.2, 0.25) is 0 Å². The number of nitrogens with zero attached hydrogens (tertiary/aromatic N) is 8. The molecule has 0 saturated carbocycles. The fraction of sp³-hybridized carbons (Fsp3) is 0. The van der Waals surface area contributed by atoms with Gasteiger partial charge in [-0.25, -0.2) is 9.97 Å². The molecule has 10 heteroatoms. The van der Waals surface area contributed by atoms with E-state index in [1.54, 1.807) is 0 Å². The summed E-state index contributed by atoms with van der Waals surface area (Å²) in [7, 11) is 0. The Morgan fingerprint density at radius 3 is 1.06 bits per heavy atom. The maximum atomic E-state index is 6.38. The van der Waals surface area contributed by atoms with Crippen molar-refractivity contribution >= 4 is 202 Å². The highest BCUT2D eigenvalue weighted by Crippen LogP contribution is 2.50. The lowest BCUT2D eigenvalue weighted by Crippen LogP contribution is -1.95. The van der Waals surface area contributed by atoms with Gasteiger partial charge in [-0.2, -0.15) is 0 Å². The van der Waals surface area contributed by atoms with Gasteiger partial charge in [0.15, 0.2) is 17.0 Å². The third-order valence-corrected chi connectivity index (χ3v) is 27.0. The van der Waals surface area contributed by atoms with Crippen LogP contribution in [0.5, 0.6) is 0 Å². The Morgan fingerprint density at radius 2 is 0.562 bits per heavy atom. The van der Waals surface area contributed by atoms with Crippen molar-refractivity contribution in [1.82, 2.24) is 37.7 Å². The molecule has 0 spiro atoms. The SMILES string of the molecule is c1ccc(-c2nc(-c3ccc(-c4cc5c6ccccc6n6c7ccccc7c(c4)c56)c4ccccc34)nc3c2oc2ccccc23)cc1.c1ccc(-n2c3ccc(-c4ccc(-c5cc6c7ccccc7n7c8ccccc8c(c5)c67)c5ccccc45)cc3c3ncccc32)cc1.c1cnc2c(c1)oc1c(-c3cc4c5ccccc5n5c6ccccc6c(c3)c45)cccc12. The van der Waals surface area contributed by atoms with Crippen LogP contribution in [0.1, 0.15) is 0 Å². The van der Waals surface area contributed by atoms with Crippen molar-refractivity contribution in [2.75, 3.05) is 0 Å². The molecule has 0 aliphatic heterocycles. The Kier molecular flexibility index (Phi) is 14.9. The molecule has 0 radical (unpaired) electrons. The highest BCUT2D eigenvalue weighted by atomic mass is 16.3. The first kappa shape index (κ1) is 70.2. The standard InChI is InChI=1S/C45H27N3.C44H25N3O.C29H16N2O/c1-2-11-30(12-3-1)47-42-23-20-28(25-39(42)44-43(47)19-10-24-46-44)31-21-22-32(34-14-5-4-13-33(31)34)29-26-37-35-15-6-8-17-40(35)48-41-18-9-7-16-36(41)38(27-29)45(37)48;1-2-12-26(13-3-1)40-43-41(34-18-8-11-21-39(34)48-43)46-44(45-40)33-23-22-28(29-14-4-5-15-30(29)33)27-24-35-31-16-6-9-19-37(31)47-38-20-10-7-17-32(38)36(25-27)42(35)47;1-3-11-24-19(7-1)22-15-17(16-23-20-8-2-4-12-25(20)31(24)28(22)23)18-9-5-10-21-27-26(32-29(18)21)13-6-14-30-27/h1-27H;1-25H;1-16H. The van der Waals surface area contributed by atoms with Gasteiger partial charge < -0.3 is 26.6 Å². The van der Waals surface area contributed by atoms with Crippen molar-refractivity contribution in [3.8, 4) is 72.8 Å². The summed E-state index contributed by atoms with van der Waals surface area (Å²) >= 11 is 0. The van der Waals surface area contributed by atoms with Crippen molar-refractivity contribution in [3.05, 3.63) is 413 Å². The number of pyridine rings is 2. The van der Waals surface area contributed by atoms with Crippen LogP contribution < -0.4 is 0 Å². The minimum atomic E-state index is 0.682. The van der Waals surface area contributed by atoms with Crippen LogP contribution in [0.15, 0.2) is 422 Å². The zero-order chi connectivity index (χ0) is 83.5. The molecule has 0 amide bonds. The molecule has 0 bridgehead atoms. The topological polar surface area (TPSA) is 96.0 Å². The molecule has 0 N–H and O–H groups in total. The number of para-hydroxylation sites is 9. The average Bonchev–Trinajstić information content (AvgIpc) is 1.55. The van der Waals surface area contributed by atoms with Crippen LogP contribution in [-0.4, -0.2) is 37.7 Å². The molecule has 592 valence electrons. The summed E-state index contributed by atoms with van der Waals surface area (Å²) in [5.41, 5.74) is 33.1. The average molecular weight is 1630 g/mol. The minimum absolute atomic E-state index is 0.682. The molecule has 12 aromatic heterocycles. The summed E-state index contributed by atoms with van der Waals surface area (Å²) in [5, 5.41) is 23.3. The van der Waals surface area contributed by atoms with E-state index in [-0.39, 0.29) is 0 Å². The van der Waals surface area contributed by atoms with Gasteiger partial charge in [-0.15, -0.1) is 0 Å². The second kappa shape index (κ2) is 27.1. The molecule has 0 aliphatic carbocycles. The predicted octanol–water partition coefficient (Wildman–Crippen LogP) is 31.3. The fourth-order valence-electron chi connectivity index (χ4n) is 21.6. The van der Waals surface area contributed by atoms with Crippen molar-refractivity contribution in [3.63, 3.8) is 0 Å². The second-order valence-electron chi connectivity index (χ2n) is 33.7. The van der Waals surface area contributed by atoms with E-state index < -0.39 is 0 Å². The van der Waals surface area contributed by atoms with Crippen molar-refractivity contribution in [2.24, 2.45) is 0 Å². The normalized spacial score (nSPS) is 12.2. The molecule has 12 heterocycles. The number of furan rings is 2. The lowest BCUT2D eigenvalue weighted by Gasteiger charge is -2.13. The Balaban J connectivity index is 0.0000000992. The highest BCUT2D eigenvalue weighted by molar-refractivity contribution is 6.29. The Bertz CT molecular complexity index is 9620. The predicted molar refractivity (Wildman–Crippen MR) is 531 cm³/mol. The van der Waals surface area contributed by atoms with Gasteiger partial charge >= 0.3 is 0 Å². The zero-order valence-electron chi connectivity index (χ0n) is 68.7. The molecule has 128 heavy (non-hydrogen) atoms. The summed E-state index contributed by atoms with van der Waals surface area (Å²) in [5.74, 6) is 0.682. The monoisotopic (exact) mass is 1630 g/mol. The number of rotatable bonds is 7. The summed E-state index contributed by atoms with van der Waals surface area (Å²) in [6.07, 6.45) is 3.72. The number of hydrogen-bond acceptors (Lipinski definition) is 6. The van der Waals surface area contributed by atoms with Crippen LogP contribution in [0.25, 0.3) is 275 Å². The molecule has 30 aromatic rings. The van der Waals surface area contributed by atoms with E-state index in [0.29, 0.717) is 11.4 Å². The molecular weight excluding hydrogens is 1560 g/mol. The Hall–Kier alpha value is -17.3. The highest BCUT2D eigenvalue weighted by Gasteiger charge is 2.27. The molecule has 18 aromatic carbocycles. The van der Waals surface area contributed by atoms with E-state index in [0.717, 1.165) is 99.5 Å². The van der Waals surface area contributed by atoms with E-state index >= 15 is 0 Å². The molecule has 0 saturated heterocycles. The Labute approximate surface area is 729 Å². The van der Waals surface area contributed by atoms with Crippen LogP contribution in [-0.2, 0) is 0 Å². The molecule has 0 atom stereocenters. The quantitative estimate of drug-likeness (QED) is 0.158. The molecule has 30 rings (SSSR count). The van der Waals surface area contributed by atoms with Crippen LogP contribution in [0.3, 0.4) is 0 Å². The largest absolute Gasteiger partial charge is 0.454 e. The fourth-order valence-corrected chi connectivity index (χ4v) is 21.6. The zero-order valence-corrected chi connectivity index (χ0v) is 68.7. The smallest absolute Gasteiger partial charge is 0.180 e. The van der Waals surface area contributed by atoms with E-state index in [4.69, 9.17) is 23.8 Å². The van der Waals surface area contributed by atoms with Gasteiger partial charge in [-0.1, -0.05) is 255 Å². The maximum absolute atomic E-state index is 6.38. The van der Waals surface area contributed by atoms with E-state index in [1.165, 1.54) is 164 Å². The van der Waals surface area contributed by atoms with Crippen molar-refractivity contribution in [2.45, 2.75) is 0 Å². The molecule has 0 unspecified atom stereocenters. The van der Waals surface area contributed by atoms with Gasteiger partial charge in [-0.05, 0) is 206 Å². The van der Waals surface area contributed by atoms with Gasteiger partial charge in [0.1, 0.15) is 27.9 Å². The van der Waals surface area contributed by atoms with E-state index in [2.05, 4.69) is 369 Å². The van der Waals surface area contributed by atoms with E-state index in [1.807, 2.05) is 67.0 Å². The van der Waals surface area contributed by atoms with E-state index in [9.17, 15) is 0 Å². The number of hydrogen-bond donors (Lipinski definition) is 0. The lowest BCUT2D eigenvalue weighted by atomic mass is 9.90. The van der Waals surface area contributed by atoms with Crippen molar-refractivity contribution < 1.29 is 8.83 Å². The lowest BCUT2D eigenvalue weighted by molar-refractivity contribution is 0.667. The Morgan fingerprint density at radius 1 is 0.195 bits per heavy atom. The minimum Gasteiger partial charge on any atom is -0.454 e. The number of fused-ring (bicyclic) bond motifs is 29. The van der Waals surface area contributed by atoms with Crippen LogP contribution >= 0.6 is 0 Å². The third kappa shape index (κ3) is 10.1. The van der Waals surface area contributed by atoms with Gasteiger partial charge in [-0.3, -0.25) is 9.97 Å². The molecular formula is C118H68N8O2. The molecule has 10 nitrogen and oxygen atoms in total. The van der Waals surface area contributed by atoms with Crippen LogP contribution in [0.4, 0.5) is 0 Å². The van der Waals surface area contributed by atoms with Gasteiger partial charge in [0.2, 0.25) is 0 Å². The summed E-state index contributed by atoms with van der Waals surface area (Å²) in [6, 6.07) is 143. The van der Waals surface area contributed by atoms with Gasteiger partial charge in [0.05, 0.1) is 66.2 Å². The number of aromatic nitrogens is 8. The summed E-state index contributed by atoms with van der Waals surface area (Å²) < 4.78 is 22.3. The first-order valence-corrected chi connectivity index (χ1v) is 43.6. The van der Waals surface area contributed by atoms with Gasteiger partial charge in [0, 0.05) is 116 Å². The summed E-state index contributed by atoms with van der Waals surface area (Å²) in [6.45, 7) is 0. The second-order valence-corrected chi connectivity index (χ2v) is 33.7. The van der Waals surface area contributed by atoms with Crippen molar-refractivity contribution in [1.29, 1.82) is 0 Å². The summed E-state index contributed by atoms with van der Waals surface area (Å²) in [4.78, 5) is 19.8. The molecule has 0 aliphatic rings. The van der Waals surface area contributed by atoms with Gasteiger partial charge in [0.25, 0.3) is 0 Å². The maximum Gasteiger partial charge on any atom is 0.180 e.